The minimum atomic E-state index is -0.905. The molecule has 0 aromatic heterocycles. The van der Waals surface area contributed by atoms with Crippen molar-refractivity contribution in [3.63, 3.8) is 0 Å². The van der Waals surface area contributed by atoms with Crippen LogP contribution < -0.4 is 0 Å². The van der Waals surface area contributed by atoms with Gasteiger partial charge in [0.2, 0.25) is 0 Å². The lowest BCUT2D eigenvalue weighted by molar-refractivity contribution is -0.0218. The van der Waals surface area contributed by atoms with Crippen LogP contribution in [-0.2, 0) is 5.60 Å². The maximum Gasteiger partial charge on any atom is 0.407 e. The van der Waals surface area contributed by atoms with Crippen LogP contribution in [0.5, 0.6) is 0 Å². The molecule has 1 amide bonds. The number of piperidine rings is 1. The van der Waals surface area contributed by atoms with Crippen LogP contribution >= 0.6 is 0 Å². The van der Waals surface area contributed by atoms with E-state index in [-0.39, 0.29) is 0 Å². The summed E-state index contributed by atoms with van der Waals surface area (Å²) in [6.45, 7) is 4.80. The second kappa shape index (κ2) is 4.61. The molecule has 1 aliphatic heterocycles. The Bertz CT molecular complexity index is 462. The molecule has 0 spiro atoms. The molecule has 1 aromatic rings. The highest BCUT2D eigenvalue weighted by atomic mass is 16.4. The molecule has 4 nitrogen and oxygen atoms in total. The third kappa shape index (κ3) is 2.20. The van der Waals surface area contributed by atoms with Gasteiger partial charge in [0.25, 0.3) is 0 Å². The lowest BCUT2D eigenvalue weighted by atomic mass is 9.81. The van der Waals surface area contributed by atoms with Gasteiger partial charge in [0.15, 0.2) is 0 Å². The number of aryl methyl sites for hydroxylation is 1. The van der Waals surface area contributed by atoms with E-state index in [4.69, 9.17) is 5.11 Å². The molecule has 1 aliphatic rings. The number of rotatable bonds is 1. The van der Waals surface area contributed by atoms with Crippen molar-refractivity contribution in [2.24, 2.45) is 0 Å². The third-order valence-corrected chi connectivity index (χ3v) is 3.97. The molecule has 2 rings (SSSR count). The van der Waals surface area contributed by atoms with Gasteiger partial charge in [-0.1, -0.05) is 18.2 Å². The van der Waals surface area contributed by atoms with Crippen molar-refractivity contribution in [1.29, 1.82) is 0 Å². The molecule has 0 aliphatic carbocycles. The number of likely N-dealkylation sites (tertiary alicyclic amines) is 1. The topological polar surface area (TPSA) is 60.8 Å². The quantitative estimate of drug-likeness (QED) is 0.802. The zero-order valence-corrected chi connectivity index (χ0v) is 10.8. The van der Waals surface area contributed by atoms with Gasteiger partial charge in [0.1, 0.15) is 0 Å². The van der Waals surface area contributed by atoms with Crippen LogP contribution in [0.15, 0.2) is 18.2 Å². The third-order valence-electron chi connectivity index (χ3n) is 3.97. The number of hydrogen-bond donors (Lipinski definition) is 2. The van der Waals surface area contributed by atoms with E-state index in [2.05, 4.69) is 0 Å². The van der Waals surface area contributed by atoms with E-state index in [1.165, 1.54) is 4.90 Å². The molecule has 0 unspecified atom stereocenters. The van der Waals surface area contributed by atoms with Crippen molar-refractivity contribution in [1.82, 2.24) is 4.90 Å². The van der Waals surface area contributed by atoms with E-state index in [1.807, 2.05) is 32.0 Å². The molecule has 0 saturated carbocycles. The molecule has 98 valence electrons. The first-order valence-corrected chi connectivity index (χ1v) is 6.21. The number of carbonyl (C=O) groups is 1. The van der Waals surface area contributed by atoms with Gasteiger partial charge in [0.05, 0.1) is 5.60 Å². The smallest absolute Gasteiger partial charge is 0.407 e. The second-order valence-corrected chi connectivity index (χ2v) is 5.05. The second-order valence-electron chi connectivity index (χ2n) is 5.05. The molecular formula is C14H19NO3. The number of amides is 1. The Hall–Kier alpha value is -1.55. The Morgan fingerprint density at radius 1 is 1.28 bits per heavy atom. The number of carboxylic acid groups (broad SMARTS) is 1. The summed E-state index contributed by atoms with van der Waals surface area (Å²) in [5, 5.41) is 19.6. The van der Waals surface area contributed by atoms with E-state index < -0.39 is 11.7 Å². The molecule has 0 bridgehead atoms. The van der Waals surface area contributed by atoms with Gasteiger partial charge < -0.3 is 15.1 Å². The molecule has 18 heavy (non-hydrogen) atoms. The van der Waals surface area contributed by atoms with Crippen LogP contribution in [0, 0.1) is 13.8 Å². The summed E-state index contributed by atoms with van der Waals surface area (Å²) in [6, 6.07) is 5.91. The van der Waals surface area contributed by atoms with E-state index >= 15 is 0 Å². The fourth-order valence-electron chi connectivity index (χ4n) is 2.59. The van der Waals surface area contributed by atoms with Crippen LogP contribution in [0.1, 0.15) is 29.5 Å². The van der Waals surface area contributed by atoms with Crippen molar-refractivity contribution >= 4 is 6.09 Å². The van der Waals surface area contributed by atoms with Gasteiger partial charge in [0, 0.05) is 13.1 Å². The fraction of sp³-hybridized carbons (Fsp3) is 0.500. The summed E-state index contributed by atoms with van der Waals surface area (Å²) < 4.78 is 0. The summed E-state index contributed by atoms with van der Waals surface area (Å²) in [5.74, 6) is 0. The summed E-state index contributed by atoms with van der Waals surface area (Å²) in [4.78, 5) is 12.2. The Kier molecular flexibility index (Phi) is 3.30. The monoisotopic (exact) mass is 249 g/mol. The highest BCUT2D eigenvalue weighted by Crippen LogP contribution is 2.35. The largest absolute Gasteiger partial charge is 0.465 e. The van der Waals surface area contributed by atoms with E-state index in [1.54, 1.807) is 0 Å². The van der Waals surface area contributed by atoms with Crippen LogP contribution in [0.3, 0.4) is 0 Å². The first-order valence-electron chi connectivity index (χ1n) is 6.21. The average Bonchev–Trinajstić information content (AvgIpc) is 2.33. The molecule has 2 N–H and O–H groups in total. The minimum Gasteiger partial charge on any atom is -0.465 e. The SMILES string of the molecule is Cc1cccc(C2(O)CCN(C(=O)O)CC2)c1C. The molecule has 0 radical (unpaired) electrons. The van der Waals surface area contributed by atoms with Gasteiger partial charge in [-0.05, 0) is 43.4 Å². The summed E-state index contributed by atoms with van der Waals surface area (Å²) in [7, 11) is 0. The number of benzene rings is 1. The molecule has 1 fully saturated rings. The highest BCUT2D eigenvalue weighted by molar-refractivity contribution is 5.65. The van der Waals surface area contributed by atoms with Gasteiger partial charge in [-0.3, -0.25) is 0 Å². The fourth-order valence-corrected chi connectivity index (χ4v) is 2.59. The molecule has 4 heteroatoms. The molecule has 1 heterocycles. The predicted octanol–water partition coefficient (Wildman–Crippen LogP) is 2.26. The number of nitrogens with zero attached hydrogens (tertiary/aromatic N) is 1. The zero-order chi connectivity index (χ0) is 13.3. The van der Waals surface area contributed by atoms with Crippen molar-refractivity contribution in [3.8, 4) is 0 Å². The van der Waals surface area contributed by atoms with Crippen molar-refractivity contribution in [2.45, 2.75) is 32.3 Å². The van der Waals surface area contributed by atoms with Crippen molar-refractivity contribution in [2.75, 3.05) is 13.1 Å². The Labute approximate surface area is 107 Å². The van der Waals surface area contributed by atoms with Gasteiger partial charge in [-0.25, -0.2) is 4.79 Å². The molecular weight excluding hydrogens is 230 g/mol. The maximum atomic E-state index is 10.9. The Morgan fingerprint density at radius 3 is 2.44 bits per heavy atom. The lowest BCUT2D eigenvalue weighted by Gasteiger charge is -2.38. The van der Waals surface area contributed by atoms with Gasteiger partial charge in [-0.15, -0.1) is 0 Å². The van der Waals surface area contributed by atoms with Crippen LogP contribution in [0.25, 0.3) is 0 Å². The first-order chi connectivity index (χ1) is 8.44. The summed E-state index contributed by atoms with van der Waals surface area (Å²) in [6.07, 6.45) is 0.0192. The Balaban J connectivity index is 2.23. The highest BCUT2D eigenvalue weighted by Gasteiger charge is 2.36. The molecule has 1 aromatic carbocycles. The molecule has 0 atom stereocenters. The minimum absolute atomic E-state index is 0.388. The Morgan fingerprint density at radius 2 is 1.89 bits per heavy atom. The van der Waals surface area contributed by atoms with E-state index in [0.29, 0.717) is 25.9 Å². The normalized spacial score (nSPS) is 18.7. The van der Waals surface area contributed by atoms with Crippen LogP contribution in [-0.4, -0.2) is 34.3 Å². The summed E-state index contributed by atoms with van der Waals surface area (Å²) in [5.41, 5.74) is 2.31. The molecule has 1 saturated heterocycles. The lowest BCUT2D eigenvalue weighted by Crippen LogP contribution is -2.45. The van der Waals surface area contributed by atoms with Crippen molar-refractivity contribution in [3.05, 3.63) is 34.9 Å². The number of aliphatic hydroxyl groups is 1. The standard InChI is InChI=1S/C14H19NO3/c1-10-4-3-5-12(11(10)2)14(18)6-8-15(9-7-14)13(16)17/h3-5,18H,6-9H2,1-2H3,(H,16,17). The van der Waals surface area contributed by atoms with Crippen molar-refractivity contribution < 1.29 is 15.0 Å². The maximum absolute atomic E-state index is 10.9. The van der Waals surface area contributed by atoms with E-state index in [9.17, 15) is 9.90 Å². The van der Waals surface area contributed by atoms with Crippen LogP contribution in [0.2, 0.25) is 0 Å². The van der Waals surface area contributed by atoms with Crippen LogP contribution in [0.4, 0.5) is 4.79 Å². The number of hydrogen-bond acceptors (Lipinski definition) is 2. The van der Waals surface area contributed by atoms with Gasteiger partial charge >= 0.3 is 6.09 Å². The summed E-state index contributed by atoms with van der Waals surface area (Å²) >= 11 is 0. The first kappa shape index (κ1) is 12.9. The zero-order valence-electron chi connectivity index (χ0n) is 10.8. The van der Waals surface area contributed by atoms with E-state index in [0.717, 1.165) is 16.7 Å². The average molecular weight is 249 g/mol. The predicted molar refractivity (Wildman–Crippen MR) is 68.6 cm³/mol. The van der Waals surface area contributed by atoms with Gasteiger partial charge in [-0.2, -0.15) is 0 Å².